The Morgan fingerprint density at radius 2 is 1.73 bits per heavy atom. The first kappa shape index (κ1) is 6.73. The van der Waals surface area contributed by atoms with Crippen LogP contribution in [0, 0.1) is 11.6 Å². The summed E-state index contributed by atoms with van der Waals surface area (Å²) in [5.41, 5.74) is 0.586. The zero-order valence-corrected chi connectivity index (χ0v) is 5.68. The molecule has 0 N–H and O–H groups in total. The average Bonchev–Trinajstić information content (AvgIpc) is 2.64. The predicted octanol–water partition coefficient (Wildman–Crippen LogP) is 2.04. The molecule has 3 heteroatoms. The maximum absolute atomic E-state index is 12.5. The molecule has 1 aromatic rings. The molecule has 0 aliphatic carbocycles. The van der Waals surface area contributed by atoms with Crippen molar-refractivity contribution in [2.45, 2.75) is 6.10 Å². The average molecular weight is 156 g/mol. The lowest BCUT2D eigenvalue weighted by molar-refractivity contribution is 0.413. The number of benzene rings is 1. The van der Waals surface area contributed by atoms with E-state index in [-0.39, 0.29) is 6.10 Å². The summed E-state index contributed by atoms with van der Waals surface area (Å²) in [4.78, 5) is 0. The minimum absolute atomic E-state index is 0.0831. The van der Waals surface area contributed by atoms with Gasteiger partial charge < -0.3 is 4.74 Å². The Morgan fingerprint density at radius 3 is 2.18 bits per heavy atom. The van der Waals surface area contributed by atoms with Crippen molar-refractivity contribution in [3.63, 3.8) is 0 Å². The van der Waals surface area contributed by atoms with E-state index in [0.717, 1.165) is 6.07 Å². The molecule has 1 aliphatic heterocycles. The molecule has 1 saturated heterocycles. The third-order valence-corrected chi connectivity index (χ3v) is 1.59. The summed E-state index contributed by atoms with van der Waals surface area (Å²) in [6, 6.07) is 3.44. The summed E-state index contributed by atoms with van der Waals surface area (Å²) >= 11 is 0. The monoisotopic (exact) mass is 156 g/mol. The molecule has 11 heavy (non-hydrogen) atoms. The van der Waals surface area contributed by atoms with E-state index < -0.39 is 11.6 Å². The van der Waals surface area contributed by atoms with Crippen LogP contribution in [0.15, 0.2) is 18.2 Å². The summed E-state index contributed by atoms with van der Waals surface area (Å²) in [5, 5.41) is 0. The first-order valence-electron chi connectivity index (χ1n) is 3.33. The van der Waals surface area contributed by atoms with Crippen molar-refractivity contribution in [2.24, 2.45) is 0 Å². The maximum Gasteiger partial charge on any atom is 0.126 e. The van der Waals surface area contributed by atoms with Gasteiger partial charge in [-0.15, -0.1) is 0 Å². The maximum atomic E-state index is 12.5. The lowest BCUT2D eigenvalue weighted by atomic mass is 10.1. The molecule has 1 aromatic carbocycles. The highest BCUT2D eigenvalue weighted by atomic mass is 19.1. The van der Waals surface area contributed by atoms with E-state index >= 15 is 0 Å². The number of rotatable bonds is 1. The van der Waals surface area contributed by atoms with Gasteiger partial charge in [-0.2, -0.15) is 0 Å². The molecule has 0 amide bonds. The van der Waals surface area contributed by atoms with Gasteiger partial charge in [0.1, 0.15) is 17.7 Å². The molecule has 0 radical (unpaired) electrons. The van der Waals surface area contributed by atoms with Crippen LogP contribution < -0.4 is 0 Å². The van der Waals surface area contributed by atoms with E-state index in [2.05, 4.69) is 0 Å². The van der Waals surface area contributed by atoms with E-state index in [0.29, 0.717) is 12.2 Å². The Hall–Kier alpha value is -0.960. The topological polar surface area (TPSA) is 12.5 Å². The Balaban J connectivity index is 2.39. The molecule has 0 saturated carbocycles. The molecule has 1 heterocycles. The fourth-order valence-corrected chi connectivity index (χ4v) is 1.00. The minimum Gasteiger partial charge on any atom is -0.368 e. The van der Waals surface area contributed by atoms with Crippen molar-refractivity contribution in [2.75, 3.05) is 6.61 Å². The van der Waals surface area contributed by atoms with Gasteiger partial charge in [-0.3, -0.25) is 0 Å². The smallest absolute Gasteiger partial charge is 0.126 e. The second-order valence-corrected chi connectivity index (χ2v) is 2.52. The second-order valence-electron chi connectivity index (χ2n) is 2.52. The van der Waals surface area contributed by atoms with Crippen LogP contribution in [0.2, 0.25) is 0 Å². The van der Waals surface area contributed by atoms with E-state index in [9.17, 15) is 8.78 Å². The number of hydrogen-bond donors (Lipinski definition) is 0. The molecule has 2 rings (SSSR count). The molecule has 1 fully saturated rings. The number of halogens is 2. The summed E-state index contributed by atoms with van der Waals surface area (Å²) in [5.74, 6) is -1.09. The summed E-state index contributed by atoms with van der Waals surface area (Å²) < 4.78 is 29.9. The zero-order valence-electron chi connectivity index (χ0n) is 5.68. The Kier molecular flexibility index (Phi) is 1.39. The Bertz CT molecular complexity index is 261. The third-order valence-electron chi connectivity index (χ3n) is 1.59. The fraction of sp³-hybridized carbons (Fsp3) is 0.250. The van der Waals surface area contributed by atoms with Gasteiger partial charge >= 0.3 is 0 Å². The van der Waals surface area contributed by atoms with Crippen LogP contribution in [0.1, 0.15) is 11.7 Å². The molecule has 1 unspecified atom stereocenters. The van der Waals surface area contributed by atoms with E-state index in [1.54, 1.807) is 0 Å². The van der Waals surface area contributed by atoms with E-state index in [4.69, 9.17) is 4.74 Å². The minimum atomic E-state index is -0.546. The van der Waals surface area contributed by atoms with E-state index in [1.807, 2.05) is 0 Å². The molecule has 1 aliphatic rings. The van der Waals surface area contributed by atoms with Gasteiger partial charge in [-0.25, -0.2) is 8.78 Å². The standard InChI is InChI=1S/C8H6F2O/c9-6-1-5(8-4-11-8)2-7(10)3-6/h1-3,8H,4H2. The zero-order chi connectivity index (χ0) is 7.84. The van der Waals surface area contributed by atoms with Crippen LogP contribution in [0.4, 0.5) is 8.78 Å². The lowest BCUT2D eigenvalue weighted by Gasteiger charge is -1.95. The highest BCUT2D eigenvalue weighted by molar-refractivity contribution is 5.22. The first-order valence-corrected chi connectivity index (χ1v) is 3.33. The largest absolute Gasteiger partial charge is 0.368 e. The quantitative estimate of drug-likeness (QED) is 0.567. The molecule has 1 atom stereocenters. The Morgan fingerprint density at radius 1 is 1.18 bits per heavy atom. The van der Waals surface area contributed by atoms with E-state index in [1.165, 1.54) is 12.1 Å². The van der Waals surface area contributed by atoms with Crippen molar-refractivity contribution in [1.82, 2.24) is 0 Å². The number of ether oxygens (including phenoxy) is 1. The number of hydrogen-bond acceptors (Lipinski definition) is 1. The molecular formula is C8H6F2O. The molecule has 0 aromatic heterocycles. The van der Waals surface area contributed by atoms with Crippen LogP contribution in [0.25, 0.3) is 0 Å². The Labute approximate surface area is 62.6 Å². The molecule has 58 valence electrons. The lowest BCUT2D eigenvalue weighted by Crippen LogP contribution is -1.85. The number of epoxide rings is 1. The van der Waals surface area contributed by atoms with Gasteiger partial charge in [0.05, 0.1) is 6.61 Å². The highest BCUT2D eigenvalue weighted by Crippen LogP contribution is 2.30. The van der Waals surface area contributed by atoms with Crippen LogP contribution in [0.3, 0.4) is 0 Å². The van der Waals surface area contributed by atoms with Crippen LogP contribution in [-0.4, -0.2) is 6.61 Å². The summed E-state index contributed by atoms with van der Waals surface area (Å²) in [7, 11) is 0. The van der Waals surface area contributed by atoms with Crippen molar-refractivity contribution in [3.05, 3.63) is 35.4 Å². The molecule has 0 spiro atoms. The highest BCUT2D eigenvalue weighted by Gasteiger charge is 2.25. The van der Waals surface area contributed by atoms with Crippen LogP contribution in [-0.2, 0) is 4.74 Å². The van der Waals surface area contributed by atoms with Crippen LogP contribution in [0.5, 0.6) is 0 Å². The summed E-state index contributed by atoms with van der Waals surface area (Å²) in [6.45, 7) is 0.572. The normalized spacial score (nSPS) is 21.8. The van der Waals surface area contributed by atoms with Crippen molar-refractivity contribution in [3.8, 4) is 0 Å². The predicted molar refractivity (Wildman–Crippen MR) is 35.1 cm³/mol. The van der Waals surface area contributed by atoms with Crippen molar-refractivity contribution in [1.29, 1.82) is 0 Å². The second kappa shape index (κ2) is 2.27. The van der Waals surface area contributed by atoms with Gasteiger partial charge in [0.2, 0.25) is 0 Å². The molecule has 1 nitrogen and oxygen atoms in total. The van der Waals surface area contributed by atoms with Gasteiger partial charge in [-0.05, 0) is 17.7 Å². The first-order chi connectivity index (χ1) is 5.25. The fourth-order valence-electron chi connectivity index (χ4n) is 1.00. The van der Waals surface area contributed by atoms with Gasteiger partial charge in [0.15, 0.2) is 0 Å². The third kappa shape index (κ3) is 1.38. The van der Waals surface area contributed by atoms with Gasteiger partial charge in [0.25, 0.3) is 0 Å². The van der Waals surface area contributed by atoms with Gasteiger partial charge in [-0.1, -0.05) is 0 Å². The summed E-state index contributed by atoms with van der Waals surface area (Å²) in [6.07, 6.45) is -0.0831. The van der Waals surface area contributed by atoms with Crippen molar-refractivity contribution >= 4 is 0 Å². The van der Waals surface area contributed by atoms with Gasteiger partial charge in [0, 0.05) is 6.07 Å². The SMILES string of the molecule is Fc1cc(F)cc(C2CO2)c1. The van der Waals surface area contributed by atoms with Crippen molar-refractivity contribution < 1.29 is 13.5 Å². The van der Waals surface area contributed by atoms with Crippen LogP contribution >= 0.6 is 0 Å². The molecular weight excluding hydrogens is 150 g/mol. The molecule has 0 bridgehead atoms.